The van der Waals surface area contributed by atoms with Gasteiger partial charge in [-0.05, 0) is 37.6 Å². The molecule has 1 aliphatic carbocycles. The number of rotatable bonds is 8. The molecule has 0 radical (unpaired) electrons. The molecule has 3 nitrogen and oxygen atoms in total. The summed E-state index contributed by atoms with van der Waals surface area (Å²) < 4.78 is 0. The highest BCUT2D eigenvalue weighted by atomic mass is 16.1. The van der Waals surface area contributed by atoms with E-state index < -0.39 is 0 Å². The zero-order chi connectivity index (χ0) is 12.5. The highest BCUT2D eigenvalue weighted by Gasteiger charge is 2.15. The van der Waals surface area contributed by atoms with Crippen LogP contribution in [0.1, 0.15) is 58.3 Å². The Kier molecular flexibility index (Phi) is 7.25. The molecule has 3 heteroatoms. The number of carbonyl (C=O) groups is 1. The third-order valence-corrected chi connectivity index (χ3v) is 3.85. The van der Waals surface area contributed by atoms with E-state index in [2.05, 4.69) is 12.2 Å². The Morgan fingerprint density at radius 1 is 1.41 bits per heavy atom. The molecule has 0 aromatic heterocycles. The van der Waals surface area contributed by atoms with Gasteiger partial charge in [-0.1, -0.05) is 32.6 Å². The van der Waals surface area contributed by atoms with Gasteiger partial charge in [0.25, 0.3) is 0 Å². The number of hydrogen-bond donors (Lipinski definition) is 2. The number of hydrogen-bond acceptors (Lipinski definition) is 2. The standard InChI is InChI=1S/C14H28N2O/c1-12(11-15)5-4-10-16-14(17)9-8-13-6-2-3-7-13/h12-13H,2-11,15H2,1H3,(H,16,17). The number of nitrogens with one attached hydrogen (secondary N) is 1. The fourth-order valence-corrected chi connectivity index (χ4v) is 2.52. The first-order valence-electron chi connectivity index (χ1n) is 7.19. The lowest BCUT2D eigenvalue weighted by atomic mass is 10.0. The van der Waals surface area contributed by atoms with E-state index in [4.69, 9.17) is 5.73 Å². The molecule has 0 aliphatic heterocycles. The fraction of sp³-hybridized carbons (Fsp3) is 0.929. The van der Waals surface area contributed by atoms with E-state index in [1.54, 1.807) is 0 Å². The quantitative estimate of drug-likeness (QED) is 0.640. The van der Waals surface area contributed by atoms with Crippen LogP contribution in [-0.2, 0) is 4.79 Å². The maximum Gasteiger partial charge on any atom is 0.220 e. The molecule has 0 spiro atoms. The molecule has 0 aromatic rings. The SMILES string of the molecule is CC(CN)CCCNC(=O)CCC1CCCC1. The molecule has 100 valence electrons. The molecule has 3 N–H and O–H groups in total. The third kappa shape index (κ3) is 6.67. The average Bonchev–Trinajstić information content (AvgIpc) is 2.84. The Morgan fingerprint density at radius 2 is 2.12 bits per heavy atom. The Morgan fingerprint density at radius 3 is 2.76 bits per heavy atom. The predicted octanol–water partition coefficient (Wildman–Crippen LogP) is 2.45. The van der Waals surface area contributed by atoms with E-state index in [9.17, 15) is 4.79 Å². The van der Waals surface area contributed by atoms with Crippen molar-refractivity contribution in [3.8, 4) is 0 Å². The van der Waals surface area contributed by atoms with Crippen molar-refractivity contribution in [2.24, 2.45) is 17.6 Å². The van der Waals surface area contributed by atoms with Crippen molar-refractivity contribution in [3.63, 3.8) is 0 Å². The first kappa shape index (κ1) is 14.5. The first-order valence-corrected chi connectivity index (χ1v) is 7.19. The second-order valence-corrected chi connectivity index (χ2v) is 5.52. The summed E-state index contributed by atoms with van der Waals surface area (Å²) in [6.07, 6.45) is 9.37. The summed E-state index contributed by atoms with van der Waals surface area (Å²) in [5.74, 6) is 1.63. The first-order chi connectivity index (χ1) is 8.22. The average molecular weight is 240 g/mol. The zero-order valence-corrected chi connectivity index (χ0v) is 11.2. The van der Waals surface area contributed by atoms with E-state index in [0.29, 0.717) is 5.92 Å². The van der Waals surface area contributed by atoms with Gasteiger partial charge in [0.2, 0.25) is 5.91 Å². The Bertz CT molecular complexity index is 212. The van der Waals surface area contributed by atoms with Crippen LogP contribution in [-0.4, -0.2) is 19.0 Å². The monoisotopic (exact) mass is 240 g/mol. The van der Waals surface area contributed by atoms with Crippen molar-refractivity contribution in [2.45, 2.75) is 58.3 Å². The number of amides is 1. The van der Waals surface area contributed by atoms with Crippen molar-refractivity contribution < 1.29 is 4.79 Å². The molecule has 17 heavy (non-hydrogen) atoms. The minimum absolute atomic E-state index is 0.234. The van der Waals surface area contributed by atoms with Gasteiger partial charge in [-0.2, -0.15) is 0 Å². The second kappa shape index (κ2) is 8.51. The Hall–Kier alpha value is -0.570. The zero-order valence-electron chi connectivity index (χ0n) is 11.2. The van der Waals surface area contributed by atoms with Crippen LogP contribution < -0.4 is 11.1 Å². The fourth-order valence-electron chi connectivity index (χ4n) is 2.52. The molecule has 1 atom stereocenters. The highest BCUT2D eigenvalue weighted by Crippen LogP contribution is 2.28. The van der Waals surface area contributed by atoms with Crippen molar-refractivity contribution >= 4 is 5.91 Å². The van der Waals surface area contributed by atoms with Crippen molar-refractivity contribution in [3.05, 3.63) is 0 Å². The molecule has 1 aliphatic rings. The largest absolute Gasteiger partial charge is 0.356 e. The summed E-state index contributed by atoms with van der Waals surface area (Å²) >= 11 is 0. The van der Waals surface area contributed by atoms with Gasteiger partial charge in [0, 0.05) is 13.0 Å². The third-order valence-electron chi connectivity index (χ3n) is 3.85. The lowest BCUT2D eigenvalue weighted by Gasteiger charge is -2.10. The minimum Gasteiger partial charge on any atom is -0.356 e. The molecule has 0 aromatic carbocycles. The van der Waals surface area contributed by atoms with E-state index in [1.165, 1.54) is 25.7 Å². The number of nitrogens with two attached hydrogens (primary N) is 1. The van der Waals surface area contributed by atoms with Crippen LogP contribution in [0.3, 0.4) is 0 Å². The molecule has 1 saturated carbocycles. The smallest absolute Gasteiger partial charge is 0.220 e. The second-order valence-electron chi connectivity index (χ2n) is 5.52. The molecule has 1 rings (SSSR count). The number of carbonyl (C=O) groups excluding carboxylic acids is 1. The highest BCUT2D eigenvalue weighted by molar-refractivity contribution is 5.75. The van der Waals surface area contributed by atoms with Crippen LogP contribution in [0, 0.1) is 11.8 Å². The minimum atomic E-state index is 0.234. The Balaban J connectivity index is 1.93. The van der Waals surface area contributed by atoms with E-state index in [1.807, 2.05) is 0 Å². The molecule has 0 heterocycles. The summed E-state index contributed by atoms with van der Waals surface area (Å²) in [7, 11) is 0. The molecular weight excluding hydrogens is 212 g/mol. The van der Waals surface area contributed by atoms with Gasteiger partial charge < -0.3 is 11.1 Å². The Labute approximate surface area is 106 Å². The maximum atomic E-state index is 11.6. The molecular formula is C14H28N2O. The van der Waals surface area contributed by atoms with Crippen LogP contribution in [0.25, 0.3) is 0 Å². The van der Waals surface area contributed by atoms with Gasteiger partial charge in [0.15, 0.2) is 0 Å². The summed E-state index contributed by atoms with van der Waals surface area (Å²) in [6, 6.07) is 0. The van der Waals surface area contributed by atoms with E-state index >= 15 is 0 Å². The van der Waals surface area contributed by atoms with E-state index in [-0.39, 0.29) is 5.91 Å². The van der Waals surface area contributed by atoms with Crippen LogP contribution in [0.2, 0.25) is 0 Å². The summed E-state index contributed by atoms with van der Waals surface area (Å²) in [6.45, 7) is 3.71. The molecule has 1 fully saturated rings. The van der Waals surface area contributed by atoms with E-state index in [0.717, 1.165) is 44.7 Å². The predicted molar refractivity (Wildman–Crippen MR) is 71.7 cm³/mol. The normalized spacial score (nSPS) is 18.2. The summed E-state index contributed by atoms with van der Waals surface area (Å²) in [5.41, 5.74) is 5.54. The van der Waals surface area contributed by atoms with Gasteiger partial charge in [0.05, 0.1) is 0 Å². The van der Waals surface area contributed by atoms with Gasteiger partial charge in [0.1, 0.15) is 0 Å². The summed E-state index contributed by atoms with van der Waals surface area (Å²) in [4.78, 5) is 11.6. The van der Waals surface area contributed by atoms with Crippen LogP contribution in [0.4, 0.5) is 0 Å². The maximum absolute atomic E-state index is 11.6. The van der Waals surface area contributed by atoms with Gasteiger partial charge in [-0.3, -0.25) is 4.79 Å². The van der Waals surface area contributed by atoms with Crippen LogP contribution in [0.15, 0.2) is 0 Å². The molecule has 0 saturated heterocycles. The lowest BCUT2D eigenvalue weighted by Crippen LogP contribution is -2.25. The molecule has 1 amide bonds. The van der Waals surface area contributed by atoms with Crippen molar-refractivity contribution in [2.75, 3.05) is 13.1 Å². The topological polar surface area (TPSA) is 55.1 Å². The van der Waals surface area contributed by atoms with Crippen molar-refractivity contribution in [1.82, 2.24) is 5.32 Å². The van der Waals surface area contributed by atoms with Gasteiger partial charge in [-0.15, -0.1) is 0 Å². The van der Waals surface area contributed by atoms with Crippen LogP contribution >= 0.6 is 0 Å². The van der Waals surface area contributed by atoms with Crippen LogP contribution in [0.5, 0.6) is 0 Å². The molecule has 1 unspecified atom stereocenters. The lowest BCUT2D eigenvalue weighted by molar-refractivity contribution is -0.121. The van der Waals surface area contributed by atoms with Crippen molar-refractivity contribution in [1.29, 1.82) is 0 Å². The molecule has 0 bridgehead atoms. The van der Waals surface area contributed by atoms with Gasteiger partial charge >= 0.3 is 0 Å². The summed E-state index contributed by atoms with van der Waals surface area (Å²) in [5, 5.41) is 3.01. The van der Waals surface area contributed by atoms with Gasteiger partial charge in [-0.25, -0.2) is 0 Å².